The topological polar surface area (TPSA) is 57.1 Å². The molecule has 1 atom stereocenters. The van der Waals surface area contributed by atoms with E-state index < -0.39 is 6.29 Å². The van der Waals surface area contributed by atoms with E-state index in [1.54, 1.807) is 11.6 Å². The molecule has 2 aromatic heterocycles. The fourth-order valence-electron chi connectivity index (χ4n) is 1.16. The van der Waals surface area contributed by atoms with Crippen LogP contribution in [0.3, 0.4) is 0 Å². The molecule has 76 valence electrons. The molecule has 5 nitrogen and oxygen atoms in total. The predicted molar refractivity (Wildman–Crippen MR) is 54.9 cm³/mol. The molecular formula is C8H5N3O2S2. The van der Waals surface area contributed by atoms with Crippen molar-refractivity contribution in [3.8, 4) is 0 Å². The maximum absolute atomic E-state index is 5.54. The molecule has 0 saturated heterocycles. The molecule has 1 unspecified atom stereocenters. The van der Waals surface area contributed by atoms with E-state index in [0.717, 1.165) is 5.69 Å². The molecule has 0 spiro atoms. The predicted octanol–water partition coefficient (Wildman–Crippen LogP) is 2.04. The van der Waals surface area contributed by atoms with Crippen molar-refractivity contribution in [1.29, 1.82) is 0 Å². The Morgan fingerprint density at radius 2 is 2.33 bits per heavy atom. The van der Waals surface area contributed by atoms with Crippen molar-refractivity contribution in [2.45, 2.75) is 6.29 Å². The lowest BCUT2D eigenvalue weighted by Crippen LogP contribution is -1.98. The number of ether oxygens (including phenoxy) is 2. The molecule has 7 heteroatoms. The standard InChI is InChI=1S/C8H5N3O2S2/c1-2-14-10-5(1)8-12-3-7(13-8)6-4-15-11-9-6/h1-4,8H. The van der Waals surface area contributed by atoms with Crippen molar-refractivity contribution in [2.75, 3.05) is 0 Å². The van der Waals surface area contributed by atoms with Gasteiger partial charge in [-0.05, 0) is 29.1 Å². The Bertz CT molecular complexity index is 466. The largest absolute Gasteiger partial charge is 0.453 e. The zero-order chi connectivity index (χ0) is 10.1. The van der Waals surface area contributed by atoms with Gasteiger partial charge in [0.25, 0.3) is 6.29 Å². The summed E-state index contributed by atoms with van der Waals surface area (Å²) < 4.78 is 18.8. The third-order valence-corrected chi connectivity index (χ3v) is 2.92. The smallest absolute Gasteiger partial charge is 0.285 e. The van der Waals surface area contributed by atoms with E-state index >= 15 is 0 Å². The normalized spacial score (nSPS) is 19.5. The van der Waals surface area contributed by atoms with E-state index in [-0.39, 0.29) is 0 Å². The van der Waals surface area contributed by atoms with Crippen LogP contribution in [0.5, 0.6) is 0 Å². The van der Waals surface area contributed by atoms with E-state index in [9.17, 15) is 0 Å². The molecule has 1 aliphatic rings. The van der Waals surface area contributed by atoms with Gasteiger partial charge in [-0.3, -0.25) is 0 Å². The van der Waals surface area contributed by atoms with Gasteiger partial charge >= 0.3 is 0 Å². The first-order valence-electron chi connectivity index (χ1n) is 4.13. The van der Waals surface area contributed by atoms with Gasteiger partial charge in [-0.15, -0.1) is 5.10 Å². The van der Waals surface area contributed by atoms with Crippen LogP contribution >= 0.6 is 23.1 Å². The van der Waals surface area contributed by atoms with Crippen LogP contribution in [0.15, 0.2) is 23.1 Å². The molecule has 0 amide bonds. The average molecular weight is 239 g/mol. The number of nitrogens with zero attached hydrogens (tertiary/aromatic N) is 3. The minimum absolute atomic E-state index is 0.451. The number of hydrogen-bond acceptors (Lipinski definition) is 7. The molecule has 3 heterocycles. The van der Waals surface area contributed by atoms with E-state index in [0.29, 0.717) is 11.5 Å². The van der Waals surface area contributed by atoms with Crippen molar-refractivity contribution in [3.05, 3.63) is 34.5 Å². The van der Waals surface area contributed by atoms with Gasteiger partial charge in [-0.25, -0.2) is 0 Å². The van der Waals surface area contributed by atoms with Crippen LogP contribution in [0.4, 0.5) is 0 Å². The van der Waals surface area contributed by atoms with Gasteiger partial charge in [0.15, 0.2) is 5.76 Å². The van der Waals surface area contributed by atoms with E-state index in [1.807, 2.05) is 11.4 Å². The van der Waals surface area contributed by atoms with E-state index in [1.165, 1.54) is 23.1 Å². The molecule has 15 heavy (non-hydrogen) atoms. The highest BCUT2D eigenvalue weighted by molar-refractivity contribution is 7.03. The van der Waals surface area contributed by atoms with Crippen LogP contribution in [0.2, 0.25) is 0 Å². The summed E-state index contributed by atoms with van der Waals surface area (Å²) in [6, 6.07) is 1.87. The molecule has 1 aliphatic heterocycles. The summed E-state index contributed by atoms with van der Waals surface area (Å²) in [5, 5.41) is 7.58. The van der Waals surface area contributed by atoms with Crippen molar-refractivity contribution in [2.24, 2.45) is 0 Å². The van der Waals surface area contributed by atoms with Crippen molar-refractivity contribution >= 4 is 28.8 Å². The molecular weight excluding hydrogens is 234 g/mol. The Labute approximate surface area is 93.3 Å². The maximum atomic E-state index is 5.54. The zero-order valence-electron chi connectivity index (χ0n) is 7.36. The van der Waals surface area contributed by atoms with Crippen LogP contribution in [0, 0.1) is 0 Å². The number of rotatable bonds is 2. The zero-order valence-corrected chi connectivity index (χ0v) is 8.99. The molecule has 0 fully saturated rings. The Morgan fingerprint density at radius 3 is 3.07 bits per heavy atom. The highest BCUT2D eigenvalue weighted by Gasteiger charge is 2.25. The summed E-state index contributed by atoms with van der Waals surface area (Å²) in [6.45, 7) is 0. The summed E-state index contributed by atoms with van der Waals surface area (Å²) in [6.07, 6.45) is 1.09. The highest BCUT2D eigenvalue weighted by atomic mass is 32.1. The lowest BCUT2D eigenvalue weighted by molar-refractivity contribution is -0.0199. The Kier molecular flexibility index (Phi) is 2.11. The second-order valence-corrected chi connectivity index (χ2v) is 4.06. The first-order valence-corrected chi connectivity index (χ1v) is 5.81. The SMILES string of the molecule is C1=C(c2csnn2)OC(c2ccsn2)O1. The fraction of sp³-hybridized carbons (Fsp3) is 0.125. The first kappa shape index (κ1) is 8.81. The summed E-state index contributed by atoms with van der Waals surface area (Å²) in [5.41, 5.74) is 1.46. The first-order chi connectivity index (χ1) is 7.43. The maximum Gasteiger partial charge on any atom is 0.285 e. The monoisotopic (exact) mass is 239 g/mol. The fourth-order valence-corrected chi connectivity index (χ4v) is 2.14. The molecule has 2 aromatic rings. The van der Waals surface area contributed by atoms with Gasteiger partial charge in [0.1, 0.15) is 17.6 Å². The third-order valence-electron chi connectivity index (χ3n) is 1.84. The molecule has 0 N–H and O–H groups in total. The Balaban J connectivity index is 1.78. The quantitative estimate of drug-likeness (QED) is 0.802. The number of aromatic nitrogens is 3. The number of hydrogen-bond donors (Lipinski definition) is 0. The molecule has 0 radical (unpaired) electrons. The van der Waals surface area contributed by atoms with Crippen molar-refractivity contribution in [1.82, 2.24) is 14.0 Å². The summed E-state index contributed by atoms with van der Waals surface area (Å²) in [7, 11) is 0. The van der Waals surface area contributed by atoms with Crippen molar-refractivity contribution < 1.29 is 9.47 Å². The van der Waals surface area contributed by atoms with Gasteiger partial charge in [-0.1, -0.05) is 4.49 Å². The minimum atomic E-state index is -0.451. The lowest BCUT2D eigenvalue weighted by Gasteiger charge is -2.07. The molecule has 0 saturated carbocycles. The second kappa shape index (κ2) is 3.59. The second-order valence-electron chi connectivity index (χ2n) is 2.78. The Morgan fingerprint density at radius 1 is 1.33 bits per heavy atom. The average Bonchev–Trinajstić information content (AvgIpc) is 3.02. The summed E-state index contributed by atoms with van der Waals surface area (Å²) >= 11 is 2.64. The van der Waals surface area contributed by atoms with Gasteiger partial charge in [-0.2, -0.15) is 4.37 Å². The molecule has 3 rings (SSSR count). The van der Waals surface area contributed by atoms with Crippen LogP contribution in [0.1, 0.15) is 17.7 Å². The molecule has 0 bridgehead atoms. The molecule has 0 aliphatic carbocycles. The van der Waals surface area contributed by atoms with Crippen LogP contribution < -0.4 is 0 Å². The molecule has 0 aromatic carbocycles. The summed E-state index contributed by atoms with van der Waals surface area (Å²) in [5.74, 6) is 0.599. The van der Waals surface area contributed by atoms with E-state index in [2.05, 4.69) is 14.0 Å². The lowest BCUT2D eigenvalue weighted by atomic mass is 10.4. The Hall–Kier alpha value is -1.47. The van der Waals surface area contributed by atoms with Crippen molar-refractivity contribution in [3.63, 3.8) is 0 Å². The minimum Gasteiger partial charge on any atom is -0.453 e. The van der Waals surface area contributed by atoms with Gasteiger partial charge < -0.3 is 9.47 Å². The third kappa shape index (κ3) is 1.59. The summed E-state index contributed by atoms with van der Waals surface area (Å²) in [4.78, 5) is 0. The highest BCUT2D eigenvalue weighted by Crippen LogP contribution is 2.32. The van der Waals surface area contributed by atoms with Gasteiger partial charge in [0.2, 0.25) is 0 Å². The van der Waals surface area contributed by atoms with Crippen LogP contribution in [-0.2, 0) is 9.47 Å². The van der Waals surface area contributed by atoms with E-state index in [4.69, 9.17) is 9.47 Å². The van der Waals surface area contributed by atoms with Crippen LogP contribution in [-0.4, -0.2) is 14.0 Å². The van der Waals surface area contributed by atoms with Gasteiger partial charge in [0.05, 0.1) is 0 Å². The van der Waals surface area contributed by atoms with Crippen LogP contribution in [0.25, 0.3) is 5.76 Å². The van der Waals surface area contributed by atoms with Gasteiger partial charge in [0, 0.05) is 10.8 Å².